The van der Waals surface area contributed by atoms with E-state index < -0.39 is 11.1 Å². The molecule has 0 aliphatic heterocycles. The molecule has 3 heterocycles. The van der Waals surface area contributed by atoms with Crippen molar-refractivity contribution in [2.24, 2.45) is 5.92 Å². The zero-order valence-corrected chi connectivity index (χ0v) is 30.9. The molecule has 0 spiro atoms. The summed E-state index contributed by atoms with van der Waals surface area (Å²) in [5, 5.41) is 23.9. The lowest BCUT2D eigenvalue weighted by molar-refractivity contribution is -0.0317. The number of aromatic nitrogens is 5. The molecular formula is C48H43N5O2. The zero-order chi connectivity index (χ0) is 37.4. The molecule has 0 radical (unpaired) electrons. The van der Waals surface area contributed by atoms with Crippen molar-refractivity contribution >= 4 is 27.6 Å². The summed E-state index contributed by atoms with van der Waals surface area (Å²) < 4.78 is 4.07. The Bertz CT molecular complexity index is 2520. The summed E-state index contributed by atoms with van der Waals surface area (Å²) in [4.78, 5) is 18.8. The summed E-state index contributed by atoms with van der Waals surface area (Å²) in [6.45, 7) is 2.40. The lowest BCUT2D eigenvalue weighted by Gasteiger charge is -2.37. The number of carbonyl (C=O) groups is 1. The third-order valence-electron chi connectivity index (χ3n) is 11.5. The number of Topliss-reactive ketones (excluding diaryl/α,β-unsaturated/α-hetero) is 1. The Kier molecular flexibility index (Phi) is 8.95. The van der Waals surface area contributed by atoms with Crippen molar-refractivity contribution in [2.75, 3.05) is 0 Å². The fourth-order valence-electron chi connectivity index (χ4n) is 8.95. The third kappa shape index (κ3) is 6.34. The molecule has 0 unspecified atom stereocenters. The van der Waals surface area contributed by atoms with Gasteiger partial charge in [0, 0.05) is 40.2 Å². The van der Waals surface area contributed by atoms with Gasteiger partial charge in [0.15, 0.2) is 5.78 Å². The van der Waals surface area contributed by atoms with Crippen LogP contribution < -0.4 is 0 Å². The van der Waals surface area contributed by atoms with E-state index in [-0.39, 0.29) is 11.7 Å². The summed E-state index contributed by atoms with van der Waals surface area (Å²) in [6.07, 6.45) is 7.06. The molecule has 3 aromatic heterocycles. The Hall–Kier alpha value is -6.18. The summed E-state index contributed by atoms with van der Waals surface area (Å²) in [5.41, 5.74) is 6.65. The van der Waals surface area contributed by atoms with Crippen molar-refractivity contribution in [1.82, 2.24) is 24.5 Å². The molecule has 7 nitrogen and oxygen atoms in total. The highest BCUT2D eigenvalue weighted by Crippen LogP contribution is 2.44. The van der Waals surface area contributed by atoms with Crippen molar-refractivity contribution < 1.29 is 9.90 Å². The number of para-hydroxylation sites is 1. The van der Waals surface area contributed by atoms with Gasteiger partial charge in [-0.2, -0.15) is 10.2 Å². The first-order valence-corrected chi connectivity index (χ1v) is 19.2. The van der Waals surface area contributed by atoms with Gasteiger partial charge < -0.3 is 5.11 Å². The fourth-order valence-corrected chi connectivity index (χ4v) is 8.95. The summed E-state index contributed by atoms with van der Waals surface area (Å²) >= 11 is 0. The second-order valence-corrected chi connectivity index (χ2v) is 15.2. The van der Waals surface area contributed by atoms with Crippen molar-refractivity contribution in [3.63, 3.8) is 0 Å². The maximum Gasteiger partial charge on any atom is 0.163 e. The van der Waals surface area contributed by atoms with E-state index in [1.54, 1.807) is 0 Å². The molecule has 1 aliphatic carbocycles. The van der Waals surface area contributed by atoms with E-state index in [4.69, 9.17) is 5.10 Å². The molecule has 2 atom stereocenters. The smallest absolute Gasteiger partial charge is 0.163 e. The Morgan fingerprint density at radius 1 is 0.800 bits per heavy atom. The van der Waals surface area contributed by atoms with Gasteiger partial charge in [-0.05, 0) is 85.2 Å². The largest absolute Gasteiger partial charge is 0.388 e. The van der Waals surface area contributed by atoms with E-state index in [9.17, 15) is 9.90 Å². The maximum atomic E-state index is 14.3. The quantitative estimate of drug-likeness (QED) is 0.112. The van der Waals surface area contributed by atoms with Crippen LogP contribution in [0.5, 0.6) is 0 Å². The number of aryl methyl sites for hydroxylation is 1. The first-order chi connectivity index (χ1) is 26.9. The highest BCUT2D eigenvalue weighted by atomic mass is 16.3. The molecule has 0 saturated heterocycles. The first kappa shape index (κ1) is 34.6. The zero-order valence-electron chi connectivity index (χ0n) is 30.9. The van der Waals surface area contributed by atoms with Gasteiger partial charge in [0.25, 0.3) is 0 Å². The van der Waals surface area contributed by atoms with Crippen LogP contribution in [0.2, 0.25) is 0 Å². The van der Waals surface area contributed by atoms with E-state index in [1.165, 1.54) is 0 Å². The molecule has 1 N–H and O–H groups in total. The average molecular weight is 722 g/mol. The molecule has 7 heteroatoms. The number of aliphatic hydroxyl groups is 1. The minimum Gasteiger partial charge on any atom is -0.388 e. The number of hydrogen-bond donors (Lipinski definition) is 1. The number of fused-ring (bicyclic) bond motifs is 2. The summed E-state index contributed by atoms with van der Waals surface area (Å²) in [5.74, 6) is 0.140. The first-order valence-electron chi connectivity index (χ1n) is 19.2. The molecule has 1 fully saturated rings. The minimum absolute atomic E-state index is 0.0655. The van der Waals surface area contributed by atoms with E-state index >= 15 is 0 Å². The lowest BCUT2D eigenvalue weighted by atomic mass is 9.75. The molecule has 272 valence electrons. The van der Waals surface area contributed by atoms with Gasteiger partial charge in [0.05, 0.1) is 29.4 Å². The van der Waals surface area contributed by atoms with Crippen molar-refractivity contribution in [2.45, 2.75) is 56.7 Å². The van der Waals surface area contributed by atoms with Gasteiger partial charge in [-0.1, -0.05) is 116 Å². The molecule has 5 aromatic carbocycles. The second kappa shape index (κ2) is 14.2. The van der Waals surface area contributed by atoms with Crippen LogP contribution in [0, 0.1) is 12.8 Å². The Balaban J connectivity index is 1.14. The number of hydrogen-bond acceptors (Lipinski definition) is 5. The minimum atomic E-state index is -0.925. The summed E-state index contributed by atoms with van der Waals surface area (Å²) in [6, 6.07) is 49.8. The molecule has 8 aromatic rings. The van der Waals surface area contributed by atoms with Gasteiger partial charge >= 0.3 is 0 Å². The molecule has 1 aliphatic rings. The number of rotatable bonds is 10. The van der Waals surface area contributed by atoms with Crippen molar-refractivity contribution in [3.05, 3.63) is 186 Å². The molecule has 1 saturated carbocycles. The summed E-state index contributed by atoms with van der Waals surface area (Å²) in [7, 11) is 0. The SMILES string of the molecule is Cc1cc(-c2nn(C(c3ccccc3)(c3ccccc3)c3ccccc3)c3ccc(C(=O)C[C@@H]4CCC[C@](O)(Cn5ncc6ccccc65)C4)cc23)ccn1. The molecular weight excluding hydrogens is 679 g/mol. The van der Waals surface area contributed by atoms with E-state index in [0.29, 0.717) is 31.4 Å². The van der Waals surface area contributed by atoms with E-state index in [1.807, 2.05) is 84.7 Å². The highest BCUT2D eigenvalue weighted by molar-refractivity contribution is 6.03. The van der Waals surface area contributed by atoms with E-state index in [2.05, 4.69) is 99.7 Å². The number of benzene rings is 5. The second-order valence-electron chi connectivity index (χ2n) is 15.2. The van der Waals surface area contributed by atoms with Crippen LogP contribution in [0.4, 0.5) is 0 Å². The van der Waals surface area contributed by atoms with Crippen LogP contribution in [0.1, 0.15) is 64.8 Å². The predicted octanol–water partition coefficient (Wildman–Crippen LogP) is 9.79. The third-order valence-corrected chi connectivity index (χ3v) is 11.5. The van der Waals surface area contributed by atoms with Gasteiger partial charge in [-0.15, -0.1) is 0 Å². The van der Waals surface area contributed by atoms with Gasteiger partial charge in [0.2, 0.25) is 0 Å². The van der Waals surface area contributed by atoms with Crippen molar-refractivity contribution in [3.8, 4) is 11.3 Å². The molecule has 55 heavy (non-hydrogen) atoms. The van der Waals surface area contributed by atoms with Crippen LogP contribution in [-0.4, -0.2) is 41.0 Å². The monoisotopic (exact) mass is 721 g/mol. The Morgan fingerprint density at radius 3 is 2.13 bits per heavy atom. The Labute approximate surface area is 320 Å². The van der Waals surface area contributed by atoms with Crippen LogP contribution in [0.15, 0.2) is 158 Å². The van der Waals surface area contributed by atoms with Crippen LogP contribution in [0.3, 0.4) is 0 Å². The van der Waals surface area contributed by atoms with Crippen LogP contribution >= 0.6 is 0 Å². The topological polar surface area (TPSA) is 85.8 Å². The van der Waals surface area contributed by atoms with Gasteiger partial charge in [0.1, 0.15) is 11.2 Å². The molecule has 0 amide bonds. The maximum absolute atomic E-state index is 14.3. The highest BCUT2D eigenvalue weighted by Gasteiger charge is 2.41. The predicted molar refractivity (Wildman–Crippen MR) is 218 cm³/mol. The Morgan fingerprint density at radius 2 is 1.45 bits per heavy atom. The number of pyridine rings is 1. The number of carbonyl (C=O) groups excluding carboxylic acids is 1. The number of nitrogens with zero attached hydrogens (tertiary/aromatic N) is 5. The fraction of sp³-hybridized carbons (Fsp3) is 0.208. The molecule has 9 rings (SSSR count). The number of ketones is 1. The standard InChI is InChI=1S/C48H43N5O2/c1-34-28-37(25-27-49-34)46-42-30-36(45(54)29-35-14-13-26-47(55,31-35)33-52-43-22-12-11-15-38(43)32-50-52)23-24-44(42)53(51-46)48(39-16-5-2-6-17-39,40-18-7-3-8-19-40)41-20-9-4-10-21-41/h2-12,15-25,27-28,30,32,35,55H,13-14,26,29,31,33H2,1H3/t35-,47+/m0/s1. The van der Waals surface area contributed by atoms with Crippen LogP contribution in [-0.2, 0) is 12.1 Å². The van der Waals surface area contributed by atoms with Crippen molar-refractivity contribution in [1.29, 1.82) is 0 Å². The van der Waals surface area contributed by atoms with Gasteiger partial charge in [-0.3, -0.25) is 14.5 Å². The lowest BCUT2D eigenvalue weighted by Crippen LogP contribution is -2.40. The average Bonchev–Trinajstić information content (AvgIpc) is 3.81. The van der Waals surface area contributed by atoms with Crippen LogP contribution in [0.25, 0.3) is 33.1 Å². The normalized spacial score (nSPS) is 17.5. The molecule has 0 bridgehead atoms. The van der Waals surface area contributed by atoms with Gasteiger partial charge in [-0.25, -0.2) is 4.68 Å². The van der Waals surface area contributed by atoms with E-state index in [0.717, 1.165) is 68.3 Å².